The van der Waals surface area contributed by atoms with Crippen molar-refractivity contribution in [1.82, 2.24) is 9.78 Å². The van der Waals surface area contributed by atoms with Crippen LogP contribution in [0.5, 0.6) is 0 Å². The second-order valence-electron chi connectivity index (χ2n) is 4.18. The summed E-state index contributed by atoms with van der Waals surface area (Å²) in [6.45, 7) is 1.64. The van der Waals surface area contributed by atoms with Gasteiger partial charge in [-0.05, 0) is 12.1 Å². The first-order valence-corrected chi connectivity index (χ1v) is 5.33. The van der Waals surface area contributed by atoms with Gasteiger partial charge in [0.05, 0.1) is 11.4 Å². The average molecular weight is 236 g/mol. The lowest BCUT2D eigenvalue weighted by Crippen LogP contribution is -2.14. The standard InChI is InChI=1S/C12H13FN2O2/c1-7(12(16)17)5-11-9-4-3-8(13)6-10(9)14-15(11)2/h3-4,6-7H,5H2,1-2H3,(H,16,17). The summed E-state index contributed by atoms with van der Waals surface area (Å²) in [4.78, 5) is 10.8. The summed E-state index contributed by atoms with van der Waals surface area (Å²) in [6, 6.07) is 4.35. The second-order valence-corrected chi connectivity index (χ2v) is 4.18. The average Bonchev–Trinajstić information content (AvgIpc) is 2.54. The van der Waals surface area contributed by atoms with Gasteiger partial charge in [0.15, 0.2) is 0 Å². The molecule has 90 valence electrons. The quantitative estimate of drug-likeness (QED) is 0.886. The van der Waals surface area contributed by atoms with Crippen LogP contribution in [0, 0.1) is 11.7 Å². The molecule has 0 spiro atoms. The Bertz CT molecular complexity index is 577. The Hall–Kier alpha value is -1.91. The molecule has 0 aliphatic heterocycles. The smallest absolute Gasteiger partial charge is 0.306 e. The van der Waals surface area contributed by atoms with Crippen LogP contribution in [0.2, 0.25) is 0 Å². The van der Waals surface area contributed by atoms with Crippen molar-refractivity contribution in [2.45, 2.75) is 13.3 Å². The van der Waals surface area contributed by atoms with Crippen LogP contribution in [0.25, 0.3) is 10.9 Å². The first-order chi connectivity index (χ1) is 7.99. The van der Waals surface area contributed by atoms with Crippen LogP contribution in [0.4, 0.5) is 4.39 Å². The summed E-state index contributed by atoms with van der Waals surface area (Å²) < 4.78 is 14.6. The molecule has 2 rings (SSSR count). The lowest BCUT2D eigenvalue weighted by atomic mass is 10.0. The predicted octanol–water partition coefficient (Wildman–Crippen LogP) is 1.98. The van der Waals surface area contributed by atoms with Gasteiger partial charge in [-0.15, -0.1) is 0 Å². The highest BCUT2D eigenvalue weighted by Crippen LogP contribution is 2.21. The van der Waals surface area contributed by atoms with Gasteiger partial charge < -0.3 is 5.11 Å². The van der Waals surface area contributed by atoms with E-state index in [-0.39, 0.29) is 5.82 Å². The first kappa shape index (κ1) is 11.6. The van der Waals surface area contributed by atoms with Crippen LogP contribution < -0.4 is 0 Å². The molecule has 2 aromatic rings. The number of nitrogens with zero attached hydrogens (tertiary/aromatic N) is 2. The summed E-state index contributed by atoms with van der Waals surface area (Å²) in [5, 5.41) is 13.9. The maximum Gasteiger partial charge on any atom is 0.306 e. The van der Waals surface area contributed by atoms with Crippen LogP contribution in [-0.4, -0.2) is 20.9 Å². The number of carboxylic acids is 1. The molecular weight excluding hydrogens is 223 g/mol. The van der Waals surface area contributed by atoms with Crippen molar-refractivity contribution < 1.29 is 14.3 Å². The van der Waals surface area contributed by atoms with Gasteiger partial charge in [-0.2, -0.15) is 5.10 Å². The Labute approximate surface area is 97.7 Å². The number of hydrogen-bond donors (Lipinski definition) is 1. The highest BCUT2D eigenvalue weighted by atomic mass is 19.1. The molecule has 0 bridgehead atoms. The van der Waals surface area contributed by atoms with Crippen LogP contribution >= 0.6 is 0 Å². The Morgan fingerprint density at radius 2 is 2.29 bits per heavy atom. The number of halogens is 1. The van der Waals surface area contributed by atoms with E-state index < -0.39 is 11.9 Å². The van der Waals surface area contributed by atoms with Crippen molar-refractivity contribution in [2.24, 2.45) is 13.0 Å². The van der Waals surface area contributed by atoms with E-state index in [1.165, 1.54) is 12.1 Å². The number of fused-ring (bicyclic) bond motifs is 1. The summed E-state index contributed by atoms with van der Waals surface area (Å²) in [6.07, 6.45) is 0.383. The maximum atomic E-state index is 13.0. The second kappa shape index (κ2) is 4.16. The monoisotopic (exact) mass is 236 g/mol. The molecule has 1 unspecified atom stereocenters. The predicted molar refractivity (Wildman–Crippen MR) is 61.2 cm³/mol. The maximum absolute atomic E-state index is 13.0. The van der Waals surface area contributed by atoms with Crippen LogP contribution in [-0.2, 0) is 18.3 Å². The zero-order chi connectivity index (χ0) is 12.6. The lowest BCUT2D eigenvalue weighted by molar-refractivity contribution is -0.141. The minimum Gasteiger partial charge on any atom is -0.481 e. The van der Waals surface area contributed by atoms with Gasteiger partial charge in [-0.3, -0.25) is 9.48 Å². The summed E-state index contributed by atoms with van der Waals surface area (Å²) in [5.74, 6) is -1.67. The van der Waals surface area contributed by atoms with E-state index in [2.05, 4.69) is 5.10 Å². The fourth-order valence-electron chi connectivity index (χ4n) is 1.85. The number of hydrogen-bond acceptors (Lipinski definition) is 2. The van der Waals surface area contributed by atoms with Crippen molar-refractivity contribution in [2.75, 3.05) is 0 Å². The Kier molecular flexibility index (Phi) is 2.83. The van der Waals surface area contributed by atoms with E-state index in [9.17, 15) is 9.18 Å². The van der Waals surface area contributed by atoms with Crippen LogP contribution in [0.3, 0.4) is 0 Å². The normalized spacial score (nSPS) is 12.9. The largest absolute Gasteiger partial charge is 0.481 e. The molecular formula is C12H13FN2O2. The minimum atomic E-state index is -0.846. The Morgan fingerprint density at radius 3 is 2.94 bits per heavy atom. The molecule has 0 amide bonds. The van der Waals surface area contributed by atoms with Crippen molar-refractivity contribution >= 4 is 16.9 Å². The summed E-state index contributed by atoms with van der Waals surface area (Å²) in [5.41, 5.74) is 1.37. The fourth-order valence-corrected chi connectivity index (χ4v) is 1.85. The molecule has 1 atom stereocenters. The molecule has 0 aliphatic carbocycles. The van der Waals surface area contributed by atoms with E-state index in [4.69, 9.17) is 5.11 Å². The van der Waals surface area contributed by atoms with Crippen LogP contribution in [0.1, 0.15) is 12.6 Å². The van der Waals surface area contributed by atoms with Gasteiger partial charge in [0.1, 0.15) is 5.82 Å². The van der Waals surface area contributed by atoms with Crippen molar-refractivity contribution in [1.29, 1.82) is 0 Å². The fraction of sp³-hybridized carbons (Fsp3) is 0.333. The van der Waals surface area contributed by atoms with Gasteiger partial charge in [-0.25, -0.2) is 4.39 Å². The lowest BCUT2D eigenvalue weighted by Gasteiger charge is -2.06. The molecule has 0 saturated heterocycles. The van der Waals surface area contributed by atoms with Crippen molar-refractivity contribution in [3.63, 3.8) is 0 Å². The minimum absolute atomic E-state index is 0.339. The molecule has 1 aromatic heterocycles. The molecule has 0 fully saturated rings. The number of rotatable bonds is 3. The summed E-state index contributed by atoms with van der Waals surface area (Å²) >= 11 is 0. The third kappa shape index (κ3) is 2.13. The Morgan fingerprint density at radius 1 is 1.59 bits per heavy atom. The SMILES string of the molecule is CC(Cc1c2ccc(F)cc2nn1C)C(=O)O. The molecule has 17 heavy (non-hydrogen) atoms. The van der Waals surface area contributed by atoms with E-state index in [1.54, 1.807) is 24.7 Å². The van der Waals surface area contributed by atoms with Gasteiger partial charge in [0, 0.05) is 30.6 Å². The molecule has 0 aliphatic rings. The molecule has 4 nitrogen and oxygen atoms in total. The first-order valence-electron chi connectivity index (χ1n) is 5.33. The zero-order valence-corrected chi connectivity index (χ0v) is 9.64. The number of carbonyl (C=O) groups is 1. The van der Waals surface area contributed by atoms with Gasteiger partial charge in [0.2, 0.25) is 0 Å². The van der Waals surface area contributed by atoms with E-state index in [1.807, 2.05) is 0 Å². The summed E-state index contributed by atoms with van der Waals surface area (Å²) in [7, 11) is 1.74. The third-order valence-corrected chi connectivity index (χ3v) is 2.84. The van der Waals surface area contributed by atoms with Gasteiger partial charge in [-0.1, -0.05) is 6.92 Å². The van der Waals surface area contributed by atoms with E-state index in [0.29, 0.717) is 11.9 Å². The van der Waals surface area contributed by atoms with Gasteiger partial charge in [0.25, 0.3) is 0 Å². The molecule has 5 heteroatoms. The van der Waals surface area contributed by atoms with Gasteiger partial charge >= 0.3 is 5.97 Å². The number of aliphatic carboxylic acids is 1. The number of aromatic nitrogens is 2. The molecule has 0 radical (unpaired) electrons. The third-order valence-electron chi connectivity index (χ3n) is 2.84. The zero-order valence-electron chi connectivity index (χ0n) is 9.64. The number of benzene rings is 1. The highest BCUT2D eigenvalue weighted by Gasteiger charge is 2.17. The van der Waals surface area contributed by atoms with Crippen molar-refractivity contribution in [3.05, 3.63) is 29.7 Å². The number of aryl methyl sites for hydroxylation is 1. The van der Waals surface area contributed by atoms with E-state index in [0.717, 1.165) is 11.1 Å². The molecule has 1 N–H and O–H groups in total. The van der Waals surface area contributed by atoms with E-state index >= 15 is 0 Å². The topological polar surface area (TPSA) is 55.1 Å². The molecule has 0 saturated carbocycles. The molecule has 1 aromatic carbocycles. The van der Waals surface area contributed by atoms with Crippen molar-refractivity contribution in [3.8, 4) is 0 Å². The highest BCUT2D eigenvalue weighted by molar-refractivity contribution is 5.82. The Balaban J connectivity index is 2.46. The number of carboxylic acid groups (broad SMARTS) is 1. The molecule has 1 heterocycles. The van der Waals surface area contributed by atoms with Crippen LogP contribution in [0.15, 0.2) is 18.2 Å².